The van der Waals surface area contributed by atoms with Crippen molar-refractivity contribution in [1.29, 1.82) is 0 Å². The highest BCUT2D eigenvalue weighted by atomic mass is 35.5. The summed E-state index contributed by atoms with van der Waals surface area (Å²) >= 11 is 5.81. The van der Waals surface area contributed by atoms with Gasteiger partial charge in [-0.1, -0.05) is 11.6 Å². The standard InChI is InChI=1S/C12H8ClF4N3/c13-8-2-1-7(14)5-9(8)19-11-4-6(12(15,16)17)3-10(18)20-11/h1-5H,(H3,18,19,20). The smallest absolute Gasteiger partial charge is 0.384 e. The van der Waals surface area contributed by atoms with Gasteiger partial charge in [0.25, 0.3) is 0 Å². The number of nitrogens with zero attached hydrogens (tertiary/aromatic N) is 1. The van der Waals surface area contributed by atoms with Crippen LogP contribution in [0.4, 0.5) is 34.9 Å². The minimum Gasteiger partial charge on any atom is -0.384 e. The van der Waals surface area contributed by atoms with Crippen LogP contribution in [0.3, 0.4) is 0 Å². The van der Waals surface area contributed by atoms with Crippen molar-refractivity contribution in [3.05, 3.63) is 46.7 Å². The third-order valence-corrected chi connectivity index (χ3v) is 2.69. The van der Waals surface area contributed by atoms with E-state index in [0.717, 1.165) is 18.2 Å². The Bertz CT molecular complexity index is 643. The predicted octanol–water partition coefficient (Wildman–Crippen LogP) is 4.22. The molecule has 106 valence electrons. The molecular weight excluding hydrogens is 298 g/mol. The summed E-state index contributed by atoms with van der Waals surface area (Å²) in [5.41, 5.74) is 4.46. The maximum Gasteiger partial charge on any atom is 0.416 e. The second kappa shape index (κ2) is 5.16. The van der Waals surface area contributed by atoms with Gasteiger partial charge < -0.3 is 11.1 Å². The summed E-state index contributed by atoms with van der Waals surface area (Å²) in [5.74, 6) is -1.07. The monoisotopic (exact) mass is 305 g/mol. The van der Waals surface area contributed by atoms with Gasteiger partial charge in [-0.05, 0) is 30.3 Å². The summed E-state index contributed by atoms with van der Waals surface area (Å²) in [6.45, 7) is 0. The van der Waals surface area contributed by atoms with E-state index in [4.69, 9.17) is 17.3 Å². The first-order valence-electron chi connectivity index (χ1n) is 5.32. The molecule has 3 nitrogen and oxygen atoms in total. The number of nitrogen functional groups attached to an aromatic ring is 1. The van der Waals surface area contributed by atoms with Gasteiger partial charge in [-0.2, -0.15) is 13.2 Å². The van der Waals surface area contributed by atoms with Gasteiger partial charge in [0, 0.05) is 0 Å². The number of nitrogens with one attached hydrogen (secondary N) is 1. The zero-order valence-electron chi connectivity index (χ0n) is 9.80. The Kier molecular flexibility index (Phi) is 3.71. The van der Waals surface area contributed by atoms with Gasteiger partial charge in [-0.15, -0.1) is 0 Å². The molecule has 0 aliphatic heterocycles. The second-order valence-electron chi connectivity index (χ2n) is 3.91. The molecule has 8 heteroatoms. The summed E-state index contributed by atoms with van der Waals surface area (Å²) in [6, 6.07) is 4.91. The third kappa shape index (κ3) is 3.30. The molecule has 0 fully saturated rings. The number of hydrogen-bond donors (Lipinski definition) is 2. The van der Waals surface area contributed by atoms with Crippen molar-refractivity contribution >= 4 is 28.9 Å². The maximum absolute atomic E-state index is 13.1. The van der Waals surface area contributed by atoms with E-state index in [-0.39, 0.29) is 22.3 Å². The molecule has 0 amide bonds. The average molecular weight is 306 g/mol. The SMILES string of the molecule is Nc1cc(C(F)(F)F)cc(Nc2cc(F)ccc2Cl)n1. The topological polar surface area (TPSA) is 50.9 Å². The largest absolute Gasteiger partial charge is 0.416 e. The number of benzene rings is 1. The number of nitrogens with two attached hydrogens (primary N) is 1. The second-order valence-corrected chi connectivity index (χ2v) is 4.32. The third-order valence-electron chi connectivity index (χ3n) is 2.36. The minimum absolute atomic E-state index is 0.0953. The van der Waals surface area contributed by atoms with E-state index in [2.05, 4.69) is 10.3 Å². The van der Waals surface area contributed by atoms with Gasteiger partial charge in [0.1, 0.15) is 17.5 Å². The molecule has 1 aromatic heterocycles. The van der Waals surface area contributed by atoms with Crippen LogP contribution in [0.25, 0.3) is 0 Å². The van der Waals surface area contributed by atoms with Crippen LogP contribution in [0.15, 0.2) is 30.3 Å². The molecule has 0 aliphatic rings. The summed E-state index contributed by atoms with van der Waals surface area (Å²) in [6.07, 6.45) is -4.56. The summed E-state index contributed by atoms with van der Waals surface area (Å²) in [4.78, 5) is 3.70. The Morgan fingerprint density at radius 3 is 2.50 bits per heavy atom. The number of anilines is 3. The van der Waals surface area contributed by atoms with Crippen molar-refractivity contribution in [3.63, 3.8) is 0 Å². The van der Waals surface area contributed by atoms with E-state index < -0.39 is 17.6 Å². The zero-order valence-corrected chi connectivity index (χ0v) is 10.6. The maximum atomic E-state index is 13.1. The van der Waals surface area contributed by atoms with Crippen LogP contribution < -0.4 is 11.1 Å². The Morgan fingerprint density at radius 2 is 1.85 bits per heavy atom. The average Bonchev–Trinajstić information content (AvgIpc) is 2.32. The van der Waals surface area contributed by atoms with Gasteiger partial charge in [0.15, 0.2) is 0 Å². The first-order valence-corrected chi connectivity index (χ1v) is 5.70. The van der Waals surface area contributed by atoms with Crippen molar-refractivity contribution < 1.29 is 17.6 Å². The number of pyridine rings is 1. The molecule has 2 rings (SSSR count). The fourth-order valence-electron chi connectivity index (χ4n) is 1.51. The van der Waals surface area contributed by atoms with Crippen LogP contribution in [-0.4, -0.2) is 4.98 Å². The fraction of sp³-hybridized carbons (Fsp3) is 0.0833. The van der Waals surface area contributed by atoms with Crippen molar-refractivity contribution in [2.45, 2.75) is 6.18 Å². The zero-order chi connectivity index (χ0) is 14.9. The fourth-order valence-corrected chi connectivity index (χ4v) is 1.68. The highest BCUT2D eigenvalue weighted by Crippen LogP contribution is 2.33. The van der Waals surface area contributed by atoms with Crippen LogP contribution in [0.1, 0.15) is 5.56 Å². The van der Waals surface area contributed by atoms with Gasteiger partial charge >= 0.3 is 6.18 Å². The molecule has 2 aromatic rings. The van der Waals surface area contributed by atoms with Gasteiger partial charge in [-0.25, -0.2) is 9.37 Å². The lowest BCUT2D eigenvalue weighted by Crippen LogP contribution is -2.08. The Labute approximate surface area is 116 Å². The molecule has 0 bridgehead atoms. The molecule has 0 unspecified atom stereocenters. The predicted molar refractivity (Wildman–Crippen MR) is 68.3 cm³/mol. The van der Waals surface area contributed by atoms with Crippen LogP contribution in [-0.2, 0) is 6.18 Å². The first-order chi connectivity index (χ1) is 9.25. The van der Waals surface area contributed by atoms with Crippen molar-refractivity contribution in [2.75, 3.05) is 11.1 Å². The number of hydrogen-bond acceptors (Lipinski definition) is 3. The van der Waals surface area contributed by atoms with Crippen molar-refractivity contribution in [2.24, 2.45) is 0 Å². The lowest BCUT2D eigenvalue weighted by atomic mass is 10.2. The molecule has 1 heterocycles. The molecular formula is C12H8ClF4N3. The first kappa shape index (κ1) is 14.4. The highest BCUT2D eigenvalue weighted by molar-refractivity contribution is 6.33. The summed E-state index contributed by atoms with van der Waals surface area (Å²) in [7, 11) is 0. The van der Waals surface area contributed by atoms with Crippen molar-refractivity contribution in [3.8, 4) is 0 Å². The number of aromatic nitrogens is 1. The number of rotatable bonds is 2. The molecule has 0 aliphatic carbocycles. The lowest BCUT2D eigenvalue weighted by molar-refractivity contribution is -0.137. The molecule has 1 aromatic carbocycles. The minimum atomic E-state index is -4.56. The molecule has 0 atom stereocenters. The van der Waals surface area contributed by atoms with Gasteiger partial charge in [0.05, 0.1) is 16.3 Å². The molecule has 0 saturated heterocycles. The highest BCUT2D eigenvalue weighted by Gasteiger charge is 2.31. The van der Waals surface area contributed by atoms with E-state index in [1.54, 1.807) is 0 Å². The van der Waals surface area contributed by atoms with E-state index >= 15 is 0 Å². The Balaban J connectivity index is 2.39. The van der Waals surface area contributed by atoms with Crippen LogP contribution in [0.5, 0.6) is 0 Å². The van der Waals surface area contributed by atoms with E-state index in [1.165, 1.54) is 6.07 Å². The van der Waals surface area contributed by atoms with Crippen LogP contribution in [0, 0.1) is 5.82 Å². The van der Waals surface area contributed by atoms with Crippen LogP contribution in [0.2, 0.25) is 5.02 Å². The number of halogens is 5. The quantitative estimate of drug-likeness (QED) is 0.817. The number of alkyl halides is 3. The van der Waals surface area contributed by atoms with E-state index in [9.17, 15) is 17.6 Å². The van der Waals surface area contributed by atoms with Gasteiger partial charge in [0.2, 0.25) is 0 Å². The Hall–Kier alpha value is -2.02. The molecule has 0 spiro atoms. The molecule has 0 radical (unpaired) electrons. The van der Waals surface area contributed by atoms with Crippen LogP contribution >= 0.6 is 11.6 Å². The van der Waals surface area contributed by atoms with Crippen molar-refractivity contribution in [1.82, 2.24) is 4.98 Å². The Morgan fingerprint density at radius 1 is 1.15 bits per heavy atom. The normalized spacial score (nSPS) is 11.4. The molecule has 20 heavy (non-hydrogen) atoms. The van der Waals surface area contributed by atoms with E-state index in [1.807, 2.05) is 0 Å². The molecule has 3 N–H and O–H groups in total. The van der Waals surface area contributed by atoms with Gasteiger partial charge in [-0.3, -0.25) is 0 Å². The van der Waals surface area contributed by atoms with E-state index in [0.29, 0.717) is 6.07 Å². The molecule has 0 saturated carbocycles. The summed E-state index contributed by atoms with van der Waals surface area (Å²) < 4.78 is 51.0. The lowest BCUT2D eigenvalue weighted by Gasteiger charge is -2.12. The summed E-state index contributed by atoms with van der Waals surface area (Å²) in [5, 5.41) is 2.65.